The zero-order valence-electron chi connectivity index (χ0n) is 34.6. The molecule has 2 N–H and O–H groups in total. The fourth-order valence-electron chi connectivity index (χ4n) is 5.35. The fraction of sp³-hybridized carbons (Fsp3) is 0.583. The summed E-state index contributed by atoms with van der Waals surface area (Å²) in [7, 11) is -4.93. The van der Waals surface area contributed by atoms with Crippen molar-refractivity contribution in [3.8, 4) is 5.75 Å². The summed E-state index contributed by atoms with van der Waals surface area (Å²) < 4.78 is 46.3. The lowest BCUT2D eigenvalue weighted by molar-refractivity contribution is -0.143. The van der Waals surface area contributed by atoms with E-state index < -0.39 is 103 Å². The normalized spacial score (nSPS) is 18.3. The Morgan fingerprint density at radius 2 is 1.49 bits per heavy atom. The number of carbonyl (C=O) groups is 5. The van der Waals surface area contributed by atoms with E-state index >= 15 is 0 Å². The number of aromatic amines is 1. The Balaban J connectivity index is 1.90. The highest BCUT2D eigenvalue weighted by Crippen LogP contribution is 2.45. The van der Waals surface area contributed by atoms with Crippen LogP contribution in [-0.2, 0) is 44.0 Å². The van der Waals surface area contributed by atoms with Crippen LogP contribution in [0.5, 0.6) is 5.75 Å². The van der Waals surface area contributed by atoms with E-state index in [1.165, 1.54) is 99.7 Å². The van der Waals surface area contributed by atoms with Gasteiger partial charge in [0.05, 0.1) is 18.8 Å². The summed E-state index contributed by atoms with van der Waals surface area (Å²) >= 11 is 0. The summed E-state index contributed by atoms with van der Waals surface area (Å²) in [5.74, 6) is -2.58. The fourth-order valence-corrected chi connectivity index (χ4v) is 6.13. The first kappa shape index (κ1) is 47.8. The second kappa shape index (κ2) is 18.6. The highest BCUT2D eigenvalue weighted by Gasteiger charge is 2.45. The molecule has 2 heterocycles. The number of hydrogen-bond donors (Lipinski definition) is 2. The molecule has 1 aliphatic heterocycles. The molecule has 1 fully saturated rings. The van der Waals surface area contributed by atoms with Gasteiger partial charge in [-0.1, -0.05) is 17.2 Å². The number of ether oxygens (including phenoxy) is 4. The number of rotatable bonds is 11. The molecule has 0 radical (unpaired) electrons. The van der Waals surface area contributed by atoms with Gasteiger partial charge >= 0.3 is 31.8 Å². The van der Waals surface area contributed by atoms with Gasteiger partial charge in [0.15, 0.2) is 0 Å². The van der Waals surface area contributed by atoms with Crippen molar-refractivity contribution in [3.63, 3.8) is 0 Å². The number of H-pyrrole nitrogens is 1. The highest BCUT2D eigenvalue weighted by molar-refractivity contribution is 7.47. The number of hydrogen-bond acceptors (Lipinski definition) is 15. The average Bonchev–Trinajstić information content (AvgIpc) is 3.45. The number of phosphoric acid groups is 1. The van der Waals surface area contributed by atoms with Crippen LogP contribution in [-0.4, -0.2) is 95.9 Å². The van der Waals surface area contributed by atoms with Gasteiger partial charge in [-0.2, -0.15) is 0 Å². The number of amides is 5. The van der Waals surface area contributed by atoms with Crippen LogP contribution >= 0.6 is 7.82 Å². The van der Waals surface area contributed by atoms with E-state index in [2.05, 4.69) is 15.0 Å². The summed E-state index contributed by atoms with van der Waals surface area (Å²) in [5.41, 5.74) is 4.53. The molecule has 22 nitrogen and oxygen atoms in total. The summed E-state index contributed by atoms with van der Waals surface area (Å²) in [6, 6.07) is 2.15. The van der Waals surface area contributed by atoms with Crippen LogP contribution in [0.4, 0.5) is 14.4 Å². The lowest BCUT2D eigenvalue weighted by Crippen LogP contribution is -2.58. The smallest absolute Gasteiger partial charge is 0.443 e. The van der Waals surface area contributed by atoms with E-state index in [9.17, 15) is 43.0 Å². The maximum absolute atomic E-state index is 14.3. The quantitative estimate of drug-likeness (QED) is 0.0940. The third-order valence-electron chi connectivity index (χ3n) is 7.73. The molecule has 0 saturated carbocycles. The van der Waals surface area contributed by atoms with Crippen LogP contribution < -0.4 is 15.8 Å². The molecule has 0 aliphatic carbocycles. The van der Waals surface area contributed by atoms with E-state index in [1.807, 2.05) is 0 Å². The van der Waals surface area contributed by atoms with Gasteiger partial charge in [-0.3, -0.25) is 33.4 Å². The van der Waals surface area contributed by atoms with Gasteiger partial charge in [-0.05, 0) is 92.5 Å². The maximum atomic E-state index is 14.3. The van der Waals surface area contributed by atoms with Crippen LogP contribution in [0.2, 0.25) is 0 Å². The van der Waals surface area contributed by atoms with E-state index in [-0.39, 0.29) is 28.2 Å². The molecule has 1 aromatic carbocycles. The molecule has 5 amide bonds. The van der Waals surface area contributed by atoms with Crippen LogP contribution in [0, 0.1) is 6.92 Å². The van der Waals surface area contributed by atoms with Crippen molar-refractivity contribution in [2.45, 2.75) is 130 Å². The standard InChI is InChI=1S/C36H50N7O15P/c1-20-18-41(30(47)38-28(20)45)27-17-24(39-40-37)26(54-27)19-53-59(51,52)58-23-14-12-22(13-15-23)16-25(42(21(2)44)31(48)55-34(3,4)5)29(46)43(32(49)56-35(6,7)8)33(50)57-36(9,10)11/h12-15,18,24-27H,16-17,19H2,1-11H3,(H,51,52)(H,38,45,47)/t24-,25-,26+,27+/m0/s1. The maximum Gasteiger partial charge on any atom is 0.527 e. The Morgan fingerprint density at radius 3 is 1.98 bits per heavy atom. The average molecular weight is 852 g/mol. The highest BCUT2D eigenvalue weighted by atomic mass is 31.2. The lowest BCUT2D eigenvalue weighted by Gasteiger charge is -2.34. The number of imide groups is 4. The lowest BCUT2D eigenvalue weighted by atomic mass is 10.0. The third kappa shape index (κ3) is 14.1. The number of aromatic nitrogens is 2. The Bertz CT molecular complexity index is 2100. The predicted octanol–water partition coefficient (Wildman–Crippen LogP) is 5.40. The molecule has 5 atom stereocenters. The molecule has 1 aromatic heterocycles. The number of azide groups is 1. The van der Waals surface area contributed by atoms with Gasteiger partial charge in [-0.15, -0.1) is 4.90 Å². The van der Waals surface area contributed by atoms with Crippen molar-refractivity contribution in [1.29, 1.82) is 0 Å². The molecule has 2 aromatic rings. The van der Waals surface area contributed by atoms with E-state index in [0.717, 1.165) is 11.5 Å². The Labute approximate surface area is 338 Å². The van der Waals surface area contributed by atoms with Crippen LogP contribution in [0.15, 0.2) is 45.2 Å². The molecule has 324 valence electrons. The first-order chi connectivity index (χ1) is 27.0. The van der Waals surface area contributed by atoms with Crippen LogP contribution in [0.3, 0.4) is 0 Å². The minimum atomic E-state index is -4.93. The number of aryl methyl sites for hydroxylation is 1. The Hall–Kier alpha value is -5.53. The molecule has 1 unspecified atom stereocenters. The van der Waals surface area contributed by atoms with Gasteiger partial charge in [0.25, 0.3) is 11.5 Å². The molecule has 0 bridgehead atoms. The Kier molecular flexibility index (Phi) is 15.1. The molecular weight excluding hydrogens is 801 g/mol. The first-order valence-electron chi connectivity index (χ1n) is 18.1. The van der Waals surface area contributed by atoms with Crippen molar-refractivity contribution >= 4 is 37.9 Å². The van der Waals surface area contributed by atoms with Crippen LogP contribution in [0.25, 0.3) is 10.4 Å². The number of phosphoric ester groups is 1. The monoisotopic (exact) mass is 851 g/mol. The minimum Gasteiger partial charge on any atom is -0.443 e. The van der Waals surface area contributed by atoms with Gasteiger partial charge < -0.3 is 23.5 Å². The van der Waals surface area contributed by atoms with E-state index in [4.69, 9.17) is 33.5 Å². The summed E-state index contributed by atoms with van der Waals surface area (Å²) in [6.45, 7) is 15.3. The molecule has 23 heteroatoms. The second-order valence-corrected chi connectivity index (χ2v) is 17.7. The second-order valence-electron chi connectivity index (χ2n) is 16.3. The SMILES string of the molecule is CC(=O)N(C(=O)OC(C)(C)C)[C@@H](Cc1ccc(OP(=O)(O)OC[C@H]2O[C@@H](n3cc(C)c(=O)[nH]c3=O)C[C@@H]2N=[N+]=[N-])cc1)C(=O)N(C(=O)OC(C)(C)C)C(=O)OC(C)(C)C. The summed E-state index contributed by atoms with van der Waals surface area (Å²) in [6.07, 6.45) is -5.58. The first-order valence-corrected chi connectivity index (χ1v) is 19.6. The van der Waals surface area contributed by atoms with E-state index in [1.54, 1.807) is 0 Å². The molecular formula is C36H50N7O15P. The zero-order valence-corrected chi connectivity index (χ0v) is 35.5. The molecule has 1 aliphatic rings. The largest absolute Gasteiger partial charge is 0.527 e. The van der Waals surface area contributed by atoms with Crippen LogP contribution in [0.1, 0.15) is 93.0 Å². The van der Waals surface area contributed by atoms with Crippen molar-refractivity contribution in [2.75, 3.05) is 6.61 Å². The number of nitrogens with zero attached hydrogens (tertiary/aromatic N) is 6. The summed E-state index contributed by atoms with van der Waals surface area (Å²) in [4.78, 5) is 108. The van der Waals surface area contributed by atoms with Gasteiger partial charge in [0.2, 0.25) is 5.91 Å². The predicted molar refractivity (Wildman–Crippen MR) is 206 cm³/mol. The van der Waals surface area contributed by atoms with Gasteiger partial charge in [0, 0.05) is 36.4 Å². The molecule has 3 rings (SSSR count). The number of nitrogens with one attached hydrogen (secondary N) is 1. The van der Waals surface area contributed by atoms with E-state index in [0.29, 0.717) is 4.90 Å². The Morgan fingerprint density at radius 1 is 0.966 bits per heavy atom. The summed E-state index contributed by atoms with van der Waals surface area (Å²) in [5, 5.41) is 3.64. The van der Waals surface area contributed by atoms with Gasteiger partial charge in [0.1, 0.15) is 34.8 Å². The number of carbonyl (C=O) groups excluding carboxylic acids is 5. The van der Waals surface area contributed by atoms with Crippen molar-refractivity contribution in [1.82, 2.24) is 19.4 Å². The molecule has 0 spiro atoms. The molecule has 59 heavy (non-hydrogen) atoms. The zero-order chi connectivity index (χ0) is 44.8. The van der Waals surface area contributed by atoms with Gasteiger partial charge in [-0.25, -0.2) is 28.6 Å². The van der Waals surface area contributed by atoms with Crippen molar-refractivity contribution < 1.29 is 61.4 Å². The molecule has 1 saturated heterocycles. The minimum absolute atomic E-state index is 0.0344. The number of benzene rings is 1. The van der Waals surface area contributed by atoms with Crippen molar-refractivity contribution in [2.24, 2.45) is 5.11 Å². The third-order valence-corrected chi connectivity index (χ3v) is 8.65. The van der Waals surface area contributed by atoms with Crippen molar-refractivity contribution in [3.05, 3.63) is 72.9 Å². The topological polar surface area (TPSA) is 288 Å².